The highest BCUT2D eigenvalue weighted by atomic mass is 19.2. The van der Waals surface area contributed by atoms with E-state index >= 15 is 0 Å². The topological polar surface area (TPSA) is 99.1 Å². The number of fused-ring (bicyclic) bond motifs is 2. The van der Waals surface area contributed by atoms with E-state index in [0.717, 1.165) is 12.1 Å². The van der Waals surface area contributed by atoms with Crippen LogP contribution in [0.1, 0.15) is 11.4 Å². The summed E-state index contributed by atoms with van der Waals surface area (Å²) in [6, 6.07) is 5.17. The van der Waals surface area contributed by atoms with Crippen molar-refractivity contribution in [2.75, 3.05) is 0 Å². The van der Waals surface area contributed by atoms with E-state index in [1.807, 2.05) is 0 Å². The Balaban J connectivity index is 2.43. The third-order valence-electron chi connectivity index (χ3n) is 2.54. The van der Waals surface area contributed by atoms with Gasteiger partial charge >= 0.3 is 0 Å². The molecule has 0 N–H and O–H groups in total. The zero-order chi connectivity index (χ0) is 14.3. The number of hydrogen-bond acceptors (Lipinski definition) is 6. The summed E-state index contributed by atoms with van der Waals surface area (Å²) in [5.74, 6) is -2.12. The molecule has 0 aliphatic heterocycles. The molecule has 8 heteroatoms. The number of halogens is 2. The van der Waals surface area contributed by atoms with Crippen molar-refractivity contribution in [1.29, 1.82) is 10.5 Å². The second-order valence-corrected chi connectivity index (χ2v) is 3.77. The summed E-state index contributed by atoms with van der Waals surface area (Å²) in [5.41, 5.74) is -0.260. The first-order chi connectivity index (χ1) is 9.62. The fourth-order valence-electron chi connectivity index (χ4n) is 1.66. The lowest BCUT2D eigenvalue weighted by Gasteiger charge is -2.01. The van der Waals surface area contributed by atoms with E-state index in [2.05, 4.69) is 19.9 Å². The minimum atomic E-state index is -1.06. The van der Waals surface area contributed by atoms with Crippen molar-refractivity contribution in [3.63, 3.8) is 0 Å². The molecule has 2 heterocycles. The van der Waals surface area contributed by atoms with Gasteiger partial charge in [0, 0.05) is 12.1 Å². The summed E-state index contributed by atoms with van der Waals surface area (Å²) in [7, 11) is 0. The summed E-state index contributed by atoms with van der Waals surface area (Å²) >= 11 is 0. The highest BCUT2D eigenvalue weighted by Crippen LogP contribution is 2.18. The molecule has 0 aliphatic carbocycles. The molecular formula is C12H2F2N6. The molecule has 0 saturated carbocycles. The van der Waals surface area contributed by atoms with E-state index in [0.29, 0.717) is 0 Å². The second-order valence-electron chi connectivity index (χ2n) is 3.77. The Bertz CT molecular complexity index is 876. The van der Waals surface area contributed by atoms with Gasteiger partial charge in [-0.3, -0.25) is 0 Å². The Morgan fingerprint density at radius 1 is 0.750 bits per heavy atom. The van der Waals surface area contributed by atoms with Crippen LogP contribution in [-0.4, -0.2) is 19.9 Å². The van der Waals surface area contributed by atoms with E-state index in [-0.39, 0.29) is 33.7 Å². The van der Waals surface area contributed by atoms with Gasteiger partial charge in [-0.1, -0.05) is 0 Å². The van der Waals surface area contributed by atoms with Gasteiger partial charge in [0.25, 0.3) is 0 Å². The van der Waals surface area contributed by atoms with Crippen molar-refractivity contribution in [3.8, 4) is 12.1 Å². The van der Waals surface area contributed by atoms with Crippen LogP contribution in [0.15, 0.2) is 12.1 Å². The van der Waals surface area contributed by atoms with E-state index in [9.17, 15) is 8.78 Å². The van der Waals surface area contributed by atoms with E-state index in [4.69, 9.17) is 10.5 Å². The first-order valence-electron chi connectivity index (χ1n) is 5.27. The Labute approximate surface area is 110 Å². The maximum atomic E-state index is 13.1. The molecule has 0 aliphatic rings. The Hall–Kier alpha value is -3.26. The maximum Gasteiger partial charge on any atom is 0.199 e. The molecule has 0 amide bonds. The number of benzene rings is 1. The minimum Gasteiger partial charge on any atom is -0.223 e. The van der Waals surface area contributed by atoms with Gasteiger partial charge < -0.3 is 0 Å². The van der Waals surface area contributed by atoms with Crippen LogP contribution in [0.2, 0.25) is 0 Å². The summed E-state index contributed by atoms with van der Waals surface area (Å²) in [4.78, 5) is 15.6. The molecule has 94 valence electrons. The molecule has 0 saturated heterocycles. The molecule has 2 aromatic heterocycles. The number of nitriles is 2. The van der Waals surface area contributed by atoms with Crippen LogP contribution >= 0.6 is 0 Å². The van der Waals surface area contributed by atoms with Gasteiger partial charge in [0.2, 0.25) is 0 Å². The van der Waals surface area contributed by atoms with Crippen molar-refractivity contribution in [3.05, 3.63) is 35.2 Å². The van der Waals surface area contributed by atoms with Gasteiger partial charge in [-0.25, -0.2) is 28.7 Å². The quantitative estimate of drug-likeness (QED) is 0.574. The van der Waals surface area contributed by atoms with Crippen molar-refractivity contribution in [2.45, 2.75) is 0 Å². The lowest BCUT2D eigenvalue weighted by molar-refractivity contribution is 0.510. The van der Waals surface area contributed by atoms with Crippen molar-refractivity contribution < 1.29 is 8.78 Å². The van der Waals surface area contributed by atoms with Gasteiger partial charge in [0.1, 0.15) is 12.1 Å². The average molecular weight is 268 g/mol. The van der Waals surface area contributed by atoms with E-state index in [1.54, 1.807) is 12.1 Å². The lowest BCUT2D eigenvalue weighted by Crippen LogP contribution is -2.00. The zero-order valence-corrected chi connectivity index (χ0v) is 9.59. The first-order valence-corrected chi connectivity index (χ1v) is 5.27. The molecule has 6 nitrogen and oxygen atoms in total. The summed E-state index contributed by atoms with van der Waals surface area (Å²) < 4.78 is 26.3. The number of nitrogens with zero attached hydrogens (tertiary/aromatic N) is 6. The molecule has 3 rings (SSSR count). The summed E-state index contributed by atoms with van der Waals surface area (Å²) in [6.07, 6.45) is 0. The smallest absolute Gasteiger partial charge is 0.199 e. The average Bonchev–Trinajstić information content (AvgIpc) is 2.45. The molecule has 20 heavy (non-hydrogen) atoms. The first kappa shape index (κ1) is 11.8. The second kappa shape index (κ2) is 4.14. The van der Waals surface area contributed by atoms with Crippen LogP contribution in [0.25, 0.3) is 22.3 Å². The van der Waals surface area contributed by atoms with Crippen LogP contribution in [-0.2, 0) is 0 Å². The Kier molecular flexibility index (Phi) is 2.44. The fraction of sp³-hybridized carbons (Fsp3) is 0. The SMILES string of the molecule is N#Cc1nc2nc3cc(F)c(F)cc3nc2nc1C#N. The molecule has 3 aromatic rings. The highest BCUT2D eigenvalue weighted by Gasteiger charge is 2.13. The van der Waals surface area contributed by atoms with Crippen LogP contribution in [0.5, 0.6) is 0 Å². The molecular weight excluding hydrogens is 266 g/mol. The molecule has 0 bridgehead atoms. The van der Waals surface area contributed by atoms with Crippen LogP contribution in [0.3, 0.4) is 0 Å². The highest BCUT2D eigenvalue weighted by molar-refractivity contribution is 5.82. The predicted octanol–water partition coefficient (Wildman–Crippen LogP) is 1.59. The van der Waals surface area contributed by atoms with E-state index in [1.165, 1.54) is 0 Å². The van der Waals surface area contributed by atoms with Gasteiger partial charge in [0.15, 0.2) is 34.3 Å². The molecule has 1 aromatic carbocycles. The van der Waals surface area contributed by atoms with E-state index < -0.39 is 11.6 Å². The van der Waals surface area contributed by atoms with Gasteiger partial charge in [-0.05, 0) is 0 Å². The Morgan fingerprint density at radius 2 is 1.15 bits per heavy atom. The number of aromatic nitrogens is 4. The predicted molar refractivity (Wildman–Crippen MR) is 62.0 cm³/mol. The molecule has 0 atom stereocenters. The molecule has 0 fully saturated rings. The lowest BCUT2D eigenvalue weighted by atomic mass is 10.2. The number of hydrogen-bond donors (Lipinski definition) is 0. The normalized spacial score (nSPS) is 10.4. The van der Waals surface area contributed by atoms with Crippen LogP contribution in [0, 0.1) is 34.3 Å². The van der Waals surface area contributed by atoms with Gasteiger partial charge in [-0.2, -0.15) is 10.5 Å². The fourth-order valence-corrected chi connectivity index (χ4v) is 1.66. The summed E-state index contributed by atoms with van der Waals surface area (Å²) in [5, 5.41) is 17.7. The monoisotopic (exact) mass is 268 g/mol. The third kappa shape index (κ3) is 1.68. The number of rotatable bonds is 0. The van der Waals surface area contributed by atoms with Gasteiger partial charge in [-0.15, -0.1) is 0 Å². The molecule has 0 radical (unpaired) electrons. The van der Waals surface area contributed by atoms with Crippen molar-refractivity contribution in [1.82, 2.24) is 19.9 Å². The maximum absolute atomic E-state index is 13.1. The van der Waals surface area contributed by atoms with Crippen LogP contribution in [0.4, 0.5) is 8.78 Å². The largest absolute Gasteiger partial charge is 0.223 e. The third-order valence-corrected chi connectivity index (χ3v) is 2.54. The summed E-state index contributed by atoms with van der Waals surface area (Å²) in [6.45, 7) is 0. The van der Waals surface area contributed by atoms with Crippen molar-refractivity contribution >= 4 is 22.3 Å². The standard InChI is InChI=1S/C12H2F2N6/c13-5-1-7-8(2-6(5)14)18-12-11(17-7)19-9(3-15)10(4-16)20-12/h1-2H. The molecule has 0 unspecified atom stereocenters. The Morgan fingerprint density at radius 3 is 1.50 bits per heavy atom. The van der Waals surface area contributed by atoms with Gasteiger partial charge in [0.05, 0.1) is 11.0 Å². The van der Waals surface area contributed by atoms with Crippen molar-refractivity contribution in [2.24, 2.45) is 0 Å². The molecule has 0 spiro atoms. The zero-order valence-electron chi connectivity index (χ0n) is 9.59. The van der Waals surface area contributed by atoms with Crippen LogP contribution < -0.4 is 0 Å². The minimum absolute atomic E-state index is 0.0148.